The van der Waals surface area contributed by atoms with Gasteiger partial charge in [0.25, 0.3) is 0 Å². The van der Waals surface area contributed by atoms with Crippen molar-refractivity contribution < 1.29 is 4.92 Å². The first-order chi connectivity index (χ1) is 9.13. The Balaban J connectivity index is 1.94. The predicted molar refractivity (Wildman–Crippen MR) is 90.3 cm³/mol. The third-order valence-corrected chi connectivity index (χ3v) is 6.84. The first-order valence-electron chi connectivity index (χ1n) is 5.23. The quantitative estimate of drug-likeness (QED) is 0.310. The molecule has 7 heteroatoms. The van der Waals surface area contributed by atoms with Gasteiger partial charge < -0.3 is 0 Å². The summed E-state index contributed by atoms with van der Waals surface area (Å²) in [6.45, 7) is 0. The summed E-state index contributed by atoms with van der Waals surface area (Å²) in [5.74, 6) is 0. The highest BCUT2D eigenvalue weighted by Crippen LogP contribution is 2.41. The molecule has 0 N–H and O–H groups in total. The maximum Gasteiger partial charge on any atom is 0.324 e. The number of halogens is 1. The van der Waals surface area contributed by atoms with Crippen molar-refractivity contribution in [3.63, 3.8) is 0 Å². The molecule has 3 aromatic rings. The minimum absolute atomic E-state index is 0.190. The predicted octanol–water partition coefficient (Wildman–Crippen LogP) is 5.72. The molecule has 96 valence electrons. The molecule has 0 aliphatic carbocycles. The Kier molecular flexibility index (Phi) is 3.70. The van der Waals surface area contributed by atoms with Crippen LogP contribution in [-0.2, 0) is 0 Å². The fourth-order valence-corrected chi connectivity index (χ4v) is 5.24. The van der Waals surface area contributed by atoms with Gasteiger partial charge in [-0.1, -0.05) is 11.3 Å². The van der Waals surface area contributed by atoms with Crippen LogP contribution in [0, 0.1) is 13.0 Å². The average molecular weight is 419 g/mol. The minimum atomic E-state index is -0.343. The second kappa shape index (κ2) is 5.31. The van der Waals surface area contributed by atoms with Gasteiger partial charge in [0.05, 0.1) is 12.7 Å². The summed E-state index contributed by atoms with van der Waals surface area (Å²) in [6.07, 6.45) is 0. The van der Waals surface area contributed by atoms with Crippen LogP contribution in [-0.4, -0.2) is 4.92 Å². The van der Waals surface area contributed by atoms with Gasteiger partial charge >= 0.3 is 5.00 Å². The van der Waals surface area contributed by atoms with Crippen molar-refractivity contribution in [1.29, 1.82) is 0 Å². The molecule has 0 aromatic carbocycles. The maximum absolute atomic E-state index is 10.7. The molecule has 0 aliphatic heterocycles. The molecule has 0 aliphatic rings. The van der Waals surface area contributed by atoms with Gasteiger partial charge in [-0.3, -0.25) is 10.1 Å². The lowest BCUT2D eigenvalue weighted by atomic mass is 10.3. The molecule has 0 saturated heterocycles. The molecule has 3 rings (SSSR count). The Labute approximate surface area is 134 Å². The van der Waals surface area contributed by atoms with E-state index in [0.29, 0.717) is 0 Å². The van der Waals surface area contributed by atoms with E-state index < -0.39 is 0 Å². The van der Waals surface area contributed by atoms with E-state index in [9.17, 15) is 10.1 Å². The lowest BCUT2D eigenvalue weighted by Crippen LogP contribution is -1.80. The number of nitrogens with zero attached hydrogens (tertiary/aromatic N) is 1. The third-order valence-electron chi connectivity index (χ3n) is 2.44. The largest absolute Gasteiger partial charge is 0.324 e. The van der Waals surface area contributed by atoms with Crippen LogP contribution in [0.15, 0.2) is 36.4 Å². The molecule has 0 radical (unpaired) electrons. The van der Waals surface area contributed by atoms with Crippen LogP contribution in [0.3, 0.4) is 0 Å². The fraction of sp³-hybridized carbons (Fsp3) is 0. The van der Waals surface area contributed by atoms with Gasteiger partial charge in [0.15, 0.2) is 0 Å². The third kappa shape index (κ3) is 2.73. The Morgan fingerprint density at radius 3 is 1.89 bits per heavy atom. The smallest absolute Gasteiger partial charge is 0.258 e. The van der Waals surface area contributed by atoms with E-state index in [2.05, 4.69) is 40.8 Å². The van der Waals surface area contributed by atoms with Gasteiger partial charge in [-0.15, -0.1) is 22.7 Å². The Hall–Kier alpha value is -0.770. The summed E-state index contributed by atoms with van der Waals surface area (Å²) in [7, 11) is 0. The highest BCUT2D eigenvalue weighted by Gasteiger charge is 2.13. The van der Waals surface area contributed by atoms with E-state index in [1.165, 1.54) is 24.0 Å². The first kappa shape index (κ1) is 13.2. The summed E-state index contributed by atoms with van der Waals surface area (Å²) < 4.78 is 1.26. The summed E-state index contributed by atoms with van der Waals surface area (Å²) >= 11 is 6.95. The van der Waals surface area contributed by atoms with Crippen molar-refractivity contribution in [3.8, 4) is 19.5 Å². The van der Waals surface area contributed by atoms with Crippen LogP contribution in [0.25, 0.3) is 19.5 Å². The van der Waals surface area contributed by atoms with Crippen molar-refractivity contribution in [2.24, 2.45) is 0 Å². The molecule has 0 amide bonds. The first-order valence-corrected chi connectivity index (χ1v) is 8.76. The standard InChI is InChI=1S/C12H6INO2S3/c13-11-5-3-9(18-11)7-1-2-8(17-7)10-4-6-12(19-10)14(15)16/h1-6H. The summed E-state index contributed by atoms with van der Waals surface area (Å²) in [5.41, 5.74) is 0. The monoisotopic (exact) mass is 419 g/mol. The van der Waals surface area contributed by atoms with Gasteiger partial charge in [0.2, 0.25) is 0 Å². The van der Waals surface area contributed by atoms with Crippen molar-refractivity contribution in [2.45, 2.75) is 0 Å². The summed E-state index contributed by atoms with van der Waals surface area (Å²) in [4.78, 5) is 14.8. The van der Waals surface area contributed by atoms with Crippen molar-refractivity contribution in [3.05, 3.63) is 49.4 Å². The Morgan fingerprint density at radius 1 is 0.842 bits per heavy atom. The van der Waals surface area contributed by atoms with Crippen LogP contribution in [0.4, 0.5) is 5.00 Å². The molecular formula is C12H6INO2S3. The lowest BCUT2D eigenvalue weighted by molar-refractivity contribution is -0.380. The van der Waals surface area contributed by atoms with E-state index in [4.69, 9.17) is 0 Å². The van der Waals surface area contributed by atoms with Crippen LogP contribution in [0.5, 0.6) is 0 Å². The Morgan fingerprint density at radius 2 is 1.37 bits per heavy atom. The number of rotatable bonds is 3. The van der Waals surface area contributed by atoms with Crippen molar-refractivity contribution >= 4 is 61.6 Å². The molecule has 3 nitrogen and oxygen atoms in total. The second-order valence-corrected chi connectivity index (χ2v) is 8.79. The van der Waals surface area contributed by atoms with Gasteiger partial charge in [0.1, 0.15) is 0 Å². The van der Waals surface area contributed by atoms with E-state index in [0.717, 1.165) is 9.75 Å². The van der Waals surface area contributed by atoms with Crippen molar-refractivity contribution in [2.75, 3.05) is 0 Å². The molecule has 0 spiro atoms. The molecule has 0 saturated carbocycles. The van der Waals surface area contributed by atoms with Gasteiger partial charge in [-0.25, -0.2) is 0 Å². The van der Waals surface area contributed by atoms with E-state index in [-0.39, 0.29) is 9.92 Å². The fourth-order valence-electron chi connectivity index (χ4n) is 1.61. The lowest BCUT2D eigenvalue weighted by Gasteiger charge is -1.89. The highest BCUT2D eigenvalue weighted by molar-refractivity contribution is 14.1. The molecule has 19 heavy (non-hydrogen) atoms. The maximum atomic E-state index is 10.7. The van der Waals surface area contributed by atoms with Crippen LogP contribution in [0.2, 0.25) is 0 Å². The number of thiophene rings is 3. The topological polar surface area (TPSA) is 43.1 Å². The van der Waals surface area contributed by atoms with Gasteiger partial charge in [-0.2, -0.15) is 0 Å². The zero-order chi connectivity index (χ0) is 13.4. The van der Waals surface area contributed by atoms with Gasteiger partial charge in [-0.05, 0) is 52.9 Å². The van der Waals surface area contributed by atoms with E-state index in [1.807, 2.05) is 12.1 Å². The molecule has 3 heterocycles. The van der Waals surface area contributed by atoms with Crippen molar-refractivity contribution in [1.82, 2.24) is 0 Å². The van der Waals surface area contributed by atoms with Crippen LogP contribution >= 0.6 is 56.6 Å². The molecule has 3 aromatic heterocycles. The minimum Gasteiger partial charge on any atom is -0.258 e. The average Bonchev–Trinajstić information content (AvgIpc) is 3.07. The molecule has 0 atom stereocenters. The van der Waals surface area contributed by atoms with E-state index in [1.54, 1.807) is 28.7 Å². The molecule has 0 unspecified atom stereocenters. The van der Waals surface area contributed by atoms with Crippen LogP contribution in [0.1, 0.15) is 0 Å². The normalized spacial score (nSPS) is 10.8. The SMILES string of the molecule is O=[N+]([O-])c1ccc(-c2ccc(-c3ccc(I)s3)s2)s1. The molecule has 0 fully saturated rings. The second-order valence-electron chi connectivity index (χ2n) is 3.66. The zero-order valence-corrected chi connectivity index (χ0v) is 13.9. The van der Waals surface area contributed by atoms with Crippen LogP contribution < -0.4 is 0 Å². The Bertz CT molecular complexity index is 744. The number of hydrogen-bond donors (Lipinski definition) is 0. The molecule has 0 bridgehead atoms. The number of nitro groups is 1. The van der Waals surface area contributed by atoms with Gasteiger partial charge in [0, 0.05) is 20.7 Å². The molecular weight excluding hydrogens is 413 g/mol. The zero-order valence-electron chi connectivity index (χ0n) is 9.33. The summed E-state index contributed by atoms with van der Waals surface area (Å²) in [5, 5.41) is 10.9. The number of hydrogen-bond acceptors (Lipinski definition) is 5. The van der Waals surface area contributed by atoms with E-state index >= 15 is 0 Å². The summed E-state index contributed by atoms with van der Waals surface area (Å²) in [6, 6.07) is 11.7. The highest BCUT2D eigenvalue weighted by atomic mass is 127.